The van der Waals surface area contributed by atoms with Gasteiger partial charge in [0.2, 0.25) is 0 Å². The summed E-state index contributed by atoms with van der Waals surface area (Å²) in [5.74, 6) is -0.171. The number of esters is 1. The van der Waals surface area contributed by atoms with E-state index in [1.807, 2.05) is 0 Å². The molecule has 0 aliphatic rings. The minimum Gasteiger partial charge on any atom is -0.495 e. The van der Waals surface area contributed by atoms with Gasteiger partial charge in [0.1, 0.15) is 11.5 Å². The van der Waals surface area contributed by atoms with E-state index in [0.717, 1.165) is 0 Å². The summed E-state index contributed by atoms with van der Waals surface area (Å²) in [6, 6.07) is 9.36. The smallest absolute Gasteiger partial charge is 0.417 e. The molecular formula is C16H14N2O7. The van der Waals surface area contributed by atoms with Crippen LogP contribution in [-0.4, -0.2) is 31.2 Å². The third kappa shape index (κ3) is 4.44. The van der Waals surface area contributed by atoms with Gasteiger partial charge in [-0.15, -0.1) is 0 Å². The standard InChI is InChI=1S/C16H14N2O7/c1-23-14-9-10(15(19)24-2)3-8-13(14)17-16(20)25-12-6-4-11(5-7-12)18(21)22/h3-9H,1-2H3,(H,17,20). The molecule has 0 aliphatic carbocycles. The fraction of sp³-hybridized carbons (Fsp3) is 0.125. The van der Waals surface area contributed by atoms with Gasteiger partial charge in [-0.1, -0.05) is 0 Å². The lowest BCUT2D eigenvalue weighted by Gasteiger charge is -2.11. The first-order valence-electron chi connectivity index (χ1n) is 6.94. The van der Waals surface area contributed by atoms with Gasteiger partial charge in [-0.3, -0.25) is 15.4 Å². The molecule has 2 aromatic rings. The second kappa shape index (κ2) is 7.77. The predicted molar refractivity (Wildman–Crippen MR) is 87.1 cm³/mol. The van der Waals surface area contributed by atoms with E-state index in [1.54, 1.807) is 0 Å². The van der Waals surface area contributed by atoms with Crippen LogP contribution < -0.4 is 14.8 Å². The molecule has 0 heterocycles. The minimum atomic E-state index is -0.821. The van der Waals surface area contributed by atoms with Crippen LogP contribution in [-0.2, 0) is 4.74 Å². The molecule has 2 aromatic carbocycles. The van der Waals surface area contributed by atoms with Crippen LogP contribution in [0.5, 0.6) is 11.5 Å². The highest BCUT2D eigenvalue weighted by Crippen LogP contribution is 2.26. The maximum Gasteiger partial charge on any atom is 0.417 e. The van der Waals surface area contributed by atoms with Gasteiger partial charge in [-0.2, -0.15) is 0 Å². The second-order valence-electron chi connectivity index (χ2n) is 4.67. The molecule has 9 heteroatoms. The van der Waals surface area contributed by atoms with Crippen molar-refractivity contribution in [3.63, 3.8) is 0 Å². The lowest BCUT2D eigenvalue weighted by atomic mass is 10.2. The number of nitro benzene ring substituents is 1. The summed E-state index contributed by atoms with van der Waals surface area (Å²) >= 11 is 0. The predicted octanol–water partition coefficient (Wildman–Crippen LogP) is 3.00. The number of nitrogens with zero attached hydrogens (tertiary/aromatic N) is 1. The maximum atomic E-state index is 11.9. The highest BCUT2D eigenvalue weighted by molar-refractivity contribution is 5.93. The molecule has 1 N–H and O–H groups in total. The molecule has 130 valence electrons. The Kier molecular flexibility index (Phi) is 5.51. The molecule has 1 amide bonds. The number of anilines is 1. The van der Waals surface area contributed by atoms with Gasteiger partial charge >= 0.3 is 12.1 Å². The van der Waals surface area contributed by atoms with E-state index in [-0.39, 0.29) is 28.4 Å². The average molecular weight is 346 g/mol. The first kappa shape index (κ1) is 17.7. The molecular weight excluding hydrogens is 332 g/mol. The molecule has 9 nitrogen and oxygen atoms in total. The summed E-state index contributed by atoms with van der Waals surface area (Å²) < 4.78 is 14.8. The van der Waals surface area contributed by atoms with Crippen molar-refractivity contribution in [3.05, 3.63) is 58.1 Å². The zero-order valence-corrected chi connectivity index (χ0v) is 13.3. The number of hydrogen-bond donors (Lipinski definition) is 1. The summed E-state index contributed by atoms with van der Waals surface area (Å²) in [5.41, 5.74) is 0.420. The molecule has 2 rings (SSSR count). The molecule has 0 saturated heterocycles. The zero-order valence-electron chi connectivity index (χ0n) is 13.3. The molecule has 0 bridgehead atoms. The number of non-ortho nitro benzene ring substituents is 1. The number of hydrogen-bond acceptors (Lipinski definition) is 7. The van der Waals surface area contributed by atoms with Crippen LogP contribution in [0.4, 0.5) is 16.2 Å². The molecule has 0 aromatic heterocycles. The van der Waals surface area contributed by atoms with Crippen molar-refractivity contribution in [1.29, 1.82) is 0 Å². The molecule has 0 radical (unpaired) electrons. The van der Waals surface area contributed by atoms with E-state index in [0.29, 0.717) is 0 Å². The van der Waals surface area contributed by atoms with E-state index < -0.39 is 17.0 Å². The number of nitrogens with one attached hydrogen (secondary N) is 1. The van der Waals surface area contributed by atoms with Crippen molar-refractivity contribution in [2.75, 3.05) is 19.5 Å². The third-order valence-electron chi connectivity index (χ3n) is 3.12. The summed E-state index contributed by atoms with van der Waals surface area (Å²) in [7, 11) is 2.63. The van der Waals surface area contributed by atoms with E-state index >= 15 is 0 Å². The maximum absolute atomic E-state index is 11.9. The summed E-state index contributed by atoms with van der Waals surface area (Å²) in [4.78, 5) is 33.4. The van der Waals surface area contributed by atoms with Gasteiger partial charge in [0.15, 0.2) is 0 Å². The topological polar surface area (TPSA) is 117 Å². The minimum absolute atomic E-state index is 0.118. The van der Waals surface area contributed by atoms with Gasteiger partial charge in [-0.25, -0.2) is 9.59 Å². The monoisotopic (exact) mass is 346 g/mol. The Morgan fingerprint density at radius 3 is 2.32 bits per heavy atom. The van der Waals surface area contributed by atoms with Crippen LogP contribution in [0.2, 0.25) is 0 Å². The quantitative estimate of drug-likeness (QED) is 0.502. The number of carbonyl (C=O) groups excluding carboxylic acids is 2. The molecule has 0 unspecified atom stereocenters. The zero-order chi connectivity index (χ0) is 18.4. The Bertz CT molecular complexity index is 803. The SMILES string of the molecule is COC(=O)c1ccc(NC(=O)Oc2ccc([N+](=O)[O-])cc2)c(OC)c1. The molecule has 0 fully saturated rings. The second-order valence-corrected chi connectivity index (χ2v) is 4.67. The van der Waals surface area contributed by atoms with Gasteiger partial charge in [0, 0.05) is 12.1 Å². The molecule has 0 saturated carbocycles. The molecule has 0 atom stereocenters. The average Bonchev–Trinajstić information content (AvgIpc) is 2.61. The van der Waals surface area contributed by atoms with Crippen LogP contribution in [0.25, 0.3) is 0 Å². The largest absolute Gasteiger partial charge is 0.495 e. The van der Waals surface area contributed by atoms with Crippen molar-refractivity contribution < 1.29 is 28.7 Å². The Morgan fingerprint density at radius 1 is 1.08 bits per heavy atom. The van der Waals surface area contributed by atoms with Crippen molar-refractivity contribution in [3.8, 4) is 11.5 Å². The third-order valence-corrected chi connectivity index (χ3v) is 3.12. The molecule has 0 aliphatic heterocycles. The summed E-state index contributed by atoms with van der Waals surface area (Å²) in [6.45, 7) is 0. The van der Waals surface area contributed by atoms with E-state index in [1.165, 1.54) is 56.7 Å². The lowest BCUT2D eigenvalue weighted by molar-refractivity contribution is -0.384. The van der Waals surface area contributed by atoms with Crippen LogP contribution in [0, 0.1) is 10.1 Å². The highest BCUT2D eigenvalue weighted by atomic mass is 16.6. The van der Waals surface area contributed by atoms with E-state index in [4.69, 9.17) is 9.47 Å². The number of amides is 1. The Hall–Kier alpha value is -3.62. The number of methoxy groups -OCH3 is 2. The van der Waals surface area contributed by atoms with Gasteiger partial charge in [-0.05, 0) is 30.3 Å². The van der Waals surface area contributed by atoms with Gasteiger partial charge in [0.25, 0.3) is 5.69 Å². The van der Waals surface area contributed by atoms with Crippen molar-refractivity contribution in [2.24, 2.45) is 0 Å². The van der Waals surface area contributed by atoms with Crippen LogP contribution in [0.15, 0.2) is 42.5 Å². The number of benzene rings is 2. The lowest BCUT2D eigenvalue weighted by Crippen LogP contribution is -2.17. The fourth-order valence-electron chi connectivity index (χ4n) is 1.92. The number of carbonyl (C=O) groups is 2. The Morgan fingerprint density at radius 2 is 1.76 bits per heavy atom. The number of nitro groups is 1. The van der Waals surface area contributed by atoms with Crippen LogP contribution in [0.1, 0.15) is 10.4 Å². The first-order chi connectivity index (χ1) is 11.9. The Labute approximate surface area is 142 Å². The van der Waals surface area contributed by atoms with Gasteiger partial charge < -0.3 is 14.2 Å². The first-order valence-corrected chi connectivity index (χ1v) is 6.94. The number of rotatable bonds is 5. The summed E-state index contributed by atoms with van der Waals surface area (Å²) in [6.07, 6.45) is -0.821. The molecule has 25 heavy (non-hydrogen) atoms. The summed E-state index contributed by atoms with van der Waals surface area (Å²) in [5, 5.41) is 13.0. The normalized spacial score (nSPS) is 9.84. The molecule has 0 spiro atoms. The van der Waals surface area contributed by atoms with Crippen LogP contribution in [0.3, 0.4) is 0 Å². The number of ether oxygens (including phenoxy) is 3. The van der Waals surface area contributed by atoms with Crippen molar-refractivity contribution >= 4 is 23.4 Å². The van der Waals surface area contributed by atoms with E-state index in [2.05, 4.69) is 10.1 Å². The van der Waals surface area contributed by atoms with Crippen molar-refractivity contribution in [2.45, 2.75) is 0 Å². The van der Waals surface area contributed by atoms with Gasteiger partial charge in [0.05, 0.1) is 30.4 Å². The fourth-order valence-corrected chi connectivity index (χ4v) is 1.92. The highest BCUT2D eigenvalue weighted by Gasteiger charge is 2.14. The van der Waals surface area contributed by atoms with Crippen molar-refractivity contribution in [1.82, 2.24) is 0 Å². The Balaban J connectivity index is 2.09. The van der Waals surface area contributed by atoms with Crippen LogP contribution >= 0.6 is 0 Å². The van der Waals surface area contributed by atoms with E-state index in [9.17, 15) is 19.7 Å².